The molecule has 96 valence electrons. The van der Waals surface area contributed by atoms with Crippen LogP contribution in [0.25, 0.3) is 0 Å². The minimum Gasteiger partial charge on any atom is -0.393 e. The average molecular weight is 227 g/mol. The first-order valence-corrected chi connectivity index (χ1v) is 6.39. The van der Waals surface area contributed by atoms with Crippen molar-refractivity contribution in [2.45, 2.75) is 59.6 Å². The van der Waals surface area contributed by atoms with Gasteiger partial charge in [0, 0.05) is 18.0 Å². The zero-order chi connectivity index (χ0) is 12.8. The molecule has 2 N–H and O–H groups in total. The van der Waals surface area contributed by atoms with Gasteiger partial charge in [0.25, 0.3) is 0 Å². The van der Waals surface area contributed by atoms with Crippen molar-refractivity contribution in [3.63, 3.8) is 0 Å². The predicted molar refractivity (Wildman–Crippen MR) is 71.5 cm³/mol. The van der Waals surface area contributed by atoms with Gasteiger partial charge in [-0.15, -0.1) is 6.58 Å². The zero-order valence-corrected chi connectivity index (χ0v) is 11.6. The molecule has 2 nitrogen and oxygen atoms in total. The van der Waals surface area contributed by atoms with Crippen molar-refractivity contribution in [1.29, 1.82) is 0 Å². The molecule has 4 atom stereocenters. The summed E-state index contributed by atoms with van der Waals surface area (Å²) in [6.45, 7) is 15.2. The third kappa shape index (κ3) is 4.67. The molecular formula is C14H29NO. The lowest BCUT2D eigenvalue weighted by Gasteiger charge is -2.34. The van der Waals surface area contributed by atoms with E-state index < -0.39 is 0 Å². The van der Waals surface area contributed by atoms with E-state index in [4.69, 9.17) is 0 Å². The first-order valence-electron chi connectivity index (χ1n) is 6.39. The fourth-order valence-electron chi connectivity index (χ4n) is 1.63. The van der Waals surface area contributed by atoms with E-state index in [9.17, 15) is 5.11 Å². The Morgan fingerprint density at radius 1 is 1.38 bits per heavy atom. The van der Waals surface area contributed by atoms with E-state index in [1.165, 1.54) is 0 Å². The molecule has 0 aliphatic rings. The second-order valence-electron chi connectivity index (χ2n) is 5.35. The van der Waals surface area contributed by atoms with E-state index in [0.717, 1.165) is 19.4 Å². The second-order valence-corrected chi connectivity index (χ2v) is 5.35. The molecular weight excluding hydrogens is 198 g/mol. The molecule has 0 heterocycles. The number of hydrogen-bond acceptors (Lipinski definition) is 2. The van der Waals surface area contributed by atoms with Crippen LogP contribution in [0.1, 0.15) is 47.5 Å². The van der Waals surface area contributed by atoms with Gasteiger partial charge in [0.2, 0.25) is 0 Å². The number of hydrogen-bond donors (Lipinski definition) is 2. The van der Waals surface area contributed by atoms with Crippen LogP contribution in [0.5, 0.6) is 0 Å². The SMILES string of the molecule is C=CCC(C)C(C)NCC(C)(CC)C(C)O. The molecule has 0 amide bonds. The fourth-order valence-corrected chi connectivity index (χ4v) is 1.63. The Morgan fingerprint density at radius 3 is 2.31 bits per heavy atom. The Kier molecular flexibility index (Phi) is 6.93. The summed E-state index contributed by atoms with van der Waals surface area (Å²) < 4.78 is 0. The summed E-state index contributed by atoms with van der Waals surface area (Å²) in [5.41, 5.74) is -0.0256. The maximum absolute atomic E-state index is 9.77. The van der Waals surface area contributed by atoms with E-state index in [1.54, 1.807) is 0 Å². The Bertz CT molecular complexity index is 203. The summed E-state index contributed by atoms with van der Waals surface area (Å²) in [7, 11) is 0. The molecule has 0 radical (unpaired) electrons. The van der Waals surface area contributed by atoms with Crippen LogP contribution in [0.2, 0.25) is 0 Å². The molecule has 0 aliphatic carbocycles. The Balaban J connectivity index is 4.16. The van der Waals surface area contributed by atoms with Gasteiger partial charge in [-0.05, 0) is 32.6 Å². The molecule has 0 aromatic carbocycles. The Morgan fingerprint density at radius 2 is 1.94 bits per heavy atom. The first-order chi connectivity index (χ1) is 7.37. The summed E-state index contributed by atoms with van der Waals surface area (Å²) in [6, 6.07) is 0.461. The maximum Gasteiger partial charge on any atom is 0.0577 e. The summed E-state index contributed by atoms with van der Waals surface area (Å²) in [6.07, 6.45) is 3.72. The molecule has 0 bridgehead atoms. The van der Waals surface area contributed by atoms with E-state index >= 15 is 0 Å². The van der Waals surface area contributed by atoms with Crippen molar-refractivity contribution in [2.24, 2.45) is 11.3 Å². The number of allylic oxidation sites excluding steroid dienone is 1. The Labute approximate surface area is 101 Å². The second kappa shape index (κ2) is 7.08. The molecule has 2 heteroatoms. The zero-order valence-electron chi connectivity index (χ0n) is 11.6. The third-order valence-corrected chi connectivity index (χ3v) is 4.04. The van der Waals surface area contributed by atoms with Crippen molar-refractivity contribution in [3.05, 3.63) is 12.7 Å². The average Bonchev–Trinajstić information content (AvgIpc) is 2.25. The van der Waals surface area contributed by atoms with E-state index in [0.29, 0.717) is 12.0 Å². The molecule has 0 saturated heterocycles. The Hall–Kier alpha value is -0.340. The van der Waals surface area contributed by atoms with Gasteiger partial charge in [0.1, 0.15) is 0 Å². The van der Waals surface area contributed by atoms with Crippen molar-refractivity contribution < 1.29 is 5.11 Å². The topological polar surface area (TPSA) is 32.3 Å². The van der Waals surface area contributed by atoms with E-state index in [2.05, 4.69) is 39.6 Å². The summed E-state index contributed by atoms with van der Waals surface area (Å²) >= 11 is 0. The largest absolute Gasteiger partial charge is 0.393 e. The minimum absolute atomic E-state index is 0.0256. The molecule has 4 unspecified atom stereocenters. The highest BCUT2D eigenvalue weighted by Crippen LogP contribution is 2.25. The van der Waals surface area contributed by atoms with Crippen LogP contribution >= 0.6 is 0 Å². The van der Waals surface area contributed by atoms with Gasteiger partial charge in [-0.3, -0.25) is 0 Å². The lowest BCUT2D eigenvalue weighted by molar-refractivity contribution is 0.0460. The quantitative estimate of drug-likeness (QED) is 0.625. The predicted octanol–water partition coefficient (Wildman–Crippen LogP) is 2.97. The summed E-state index contributed by atoms with van der Waals surface area (Å²) in [4.78, 5) is 0. The van der Waals surface area contributed by atoms with Crippen molar-refractivity contribution >= 4 is 0 Å². The van der Waals surface area contributed by atoms with Crippen molar-refractivity contribution in [3.8, 4) is 0 Å². The van der Waals surface area contributed by atoms with E-state index in [1.807, 2.05) is 13.0 Å². The van der Waals surface area contributed by atoms with Gasteiger partial charge in [0.05, 0.1) is 6.10 Å². The van der Waals surface area contributed by atoms with Gasteiger partial charge in [-0.25, -0.2) is 0 Å². The van der Waals surface area contributed by atoms with Gasteiger partial charge < -0.3 is 10.4 Å². The summed E-state index contributed by atoms with van der Waals surface area (Å²) in [5.74, 6) is 0.590. The van der Waals surface area contributed by atoms with Crippen LogP contribution in [0, 0.1) is 11.3 Å². The van der Waals surface area contributed by atoms with Crippen LogP contribution in [0.3, 0.4) is 0 Å². The minimum atomic E-state index is -0.271. The molecule has 0 rings (SSSR count). The standard InChI is InChI=1S/C14H29NO/c1-7-9-11(3)12(4)15-10-14(6,8-2)13(5)16/h7,11-13,15-16H,1,8-10H2,2-6H3. The third-order valence-electron chi connectivity index (χ3n) is 4.04. The summed E-state index contributed by atoms with van der Waals surface area (Å²) in [5, 5.41) is 13.3. The molecule has 0 aliphatic heterocycles. The molecule has 0 saturated carbocycles. The number of aliphatic hydroxyl groups excluding tert-OH is 1. The van der Waals surface area contributed by atoms with Gasteiger partial charge in [0.15, 0.2) is 0 Å². The lowest BCUT2D eigenvalue weighted by Crippen LogP contribution is -2.44. The number of rotatable bonds is 8. The highest BCUT2D eigenvalue weighted by atomic mass is 16.3. The lowest BCUT2D eigenvalue weighted by atomic mass is 9.82. The normalized spacial score (nSPS) is 20.9. The van der Waals surface area contributed by atoms with Crippen LogP contribution in [0.4, 0.5) is 0 Å². The number of aliphatic hydroxyl groups is 1. The highest BCUT2D eigenvalue weighted by Gasteiger charge is 2.28. The molecule has 0 spiro atoms. The van der Waals surface area contributed by atoms with Crippen LogP contribution in [-0.4, -0.2) is 23.8 Å². The number of nitrogens with one attached hydrogen (secondary N) is 1. The smallest absolute Gasteiger partial charge is 0.0577 e. The highest BCUT2D eigenvalue weighted by molar-refractivity contribution is 4.84. The van der Waals surface area contributed by atoms with Gasteiger partial charge in [-0.2, -0.15) is 0 Å². The van der Waals surface area contributed by atoms with Gasteiger partial charge >= 0.3 is 0 Å². The van der Waals surface area contributed by atoms with Crippen molar-refractivity contribution in [2.75, 3.05) is 6.54 Å². The van der Waals surface area contributed by atoms with Crippen LogP contribution in [-0.2, 0) is 0 Å². The monoisotopic (exact) mass is 227 g/mol. The molecule has 0 fully saturated rings. The van der Waals surface area contributed by atoms with Crippen molar-refractivity contribution in [1.82, 2.24) is 5.32 Å². The van der Waals surface area contributed by atoms with Gasteiger partial charge in [-0.1, -0.05) is 26.8 Å². The first kappa shape index (κ1) is 15.7. The van der Waals surface area contributed by atoms with Crippen LogP contribution < -0.4 is 5.32 Å². The molecule has 16 heavy (non-hydrogen) atoms. The van der Waals surface area contributed by atoms with Crippen LogP contribution in [0.15, 0.2) is 12.7 Å². The molecule has 0 aromatic heterocycles. The fraction of sp³-hybridized carbons (Fsp3) is 0.857. The maximum atomic E-state index is 9.77. The van der Waals surface area contributed by atoms with E-state index in [-0.39, 0.29) is 11.5 Å². The molecule has 0 aromatic rings.